The number of hydrogen-bond donors (Lipinski definition) is 2. The largest absolute Gasteiger partial charge is 0.493 e. The van der Waals surface area contributed by atoms with Gasteiger partial charge >= 0.3 is 10.2 Å². The van der Waals surface area contributed by atoms with Crippen LogP contribution in [0.4, 0.5) is 5.69 Å². The van der Waals surface area contributed by atoms with Crippen LogP contribution in [-0.2, 0) is 14.9 Å². The first-order chi connectivity index (χ1) is 9.43. The van der Waals surface area contributed by atoms with Gasteiger partial charge in [0.15, 0.2) is 5.84 Å². The summed E-state index contributed by atoms with van der Waals surface area (Å²) in [4.78, 5) is 0. The van der Waals surface area contributed by atoms with Crippen molar-refractivity contribution in [3.8, 4) is 5.75 Å². The average molecular weight is 299 g/mol. The zero-order valence-electron chi connectivity index (χ0n) is 11.3. The first-order valence-corrected chi connectivity index (χ1v) is 7.54. The number of nitrogens with one attached hydrogen (secondary N) is 1. The predicted octanol–water partition coefficient (Wildman–Crippen LogP) is 0.866. The molecule has 0 bridgehead atoms. The number of anilines is 1. The maximum absolute atomic E-state index is 11.4. The van der Waals surface area contributed by atoms with Crippen molar-refractivity contribution in [1.82, 2.24) is 0 Å². The molecule has 0 saturated heterocycles. The summed E-state index contributed by atoms with van der Waals surface area (Å²) in [6.45, 7) is 2.37. The number of ether oxygens (including phenoxy) is 2. The van der Waals surface area contributed by atoms with Crippen molar-refractivity contribution in [3.05, 3.63) is 23.8 Å². The van der Waals surface area contributed by atoms with Gasteiger partial charge in [0.25, 0.3) is 0 Å². The van der Waals surface area contributed by atoms with Gasteiger partial charge in [0, 0.05) is 13.5 Å². The summed E-state index contributed by atoms with van der Waals surface area (Å²) in [5.74, 6) is 0.420. The van der Waals surface area contributed by atoms with Crippen molar-refractivity contribution in [2.75, 3.05) is 18.4 Å². The van der Waals surface area contributed by atoms with Gasteiger partial charge < -0.3 is 15.2 Å². The number of benzene rings is 1. The maximum Gasteiger partial charge on any atom is 0.344 e. The van der Waals surface area contributed by atoms with Gasteiger partial charge in [0.1, 0.15) is 5.75 Å². The lowest BCUT2D eigenvalue weighted by atomic mass is 10.1. The van der Waals surface area contributed by atoms with Crippen LogP contribution in [0.15, 0.2) is 22.6 Å². The monoisotopic (exact) mass is 299 g/mol. The van der Waals surface area contributed by atoms with Crippen LogP contribution < -0.4 is 15.2 Å². The fourth-order valence-corrected chi connectivity index (χ4v) is 2.63. The van der Waals surface area contributed by atoms with Crippen molar-refractivity contribution in [2.45, 2.75) is 19.4 Å². The van der Waals surface area contributed by atoms with Gasteiger partial charge in [-0.2, -0.15) is 8.42 Å². The molecule has 0 aliphatic carbocycles. The van der Waals surface area contributed by atoms with Crippen molar-refractivity contribution >= 4 is 21.7 Å². The zero-order valence-corrected chi connectivity index (χ0v) is 12.1. The molecule has 1 aromatic rings. The highest BCUT2D eigenvalue weighted by Crippen LogP contribution is 2.30. The quantitative estimate of drug-likeness (QED) is 0.839. The standard InChI is InChI=1S/C12H17N3O4S/c1-8(18-2)6-7-19-10-5-3-4-9-11(10)12(13)15-20(16,17)14-9/h3-5,8,14H,6-7H2,1-2H3,(H2,13,15). The minimum atomic E-state index is -3.76. The van der Waals surface area contributed by atoms with Gasteiger partial charge in [0.2, 0.25) is 0 Å². The molecule has 3 N–H and O–H groups in total. The first-order valence-electron chi connectivity index (χ1n) is 6.10. The van der Waals surface area contributed by atoms with Crippen molar-refractivity contribution in [2.24, 2.45) is 10.1 Å². The van der Waals surface area contributed by atoms with E-state index in [0.29, 0.717) is 30.0 Å². The van der Waals surface area contributed by atoms with E-state index in [2.05, 4.69) is 9.12 Å². The maximum atomic E-state index is 11.4. The normalized spacial score (nSPS) is 17.6. The molecule has 0 saturated carbocycles. The van der Waals surface area contributed by atoms with Crippen molar-refractivity contribution in [3.63, 3.8) is 0 Å². The number of fused-ring (bicyclic) bond motifs is 1. The number of rotatable bonds is 5. The molecule has 7 nitrogen and oxygen atoms in total. The lowest BCUT2D eigenvalue weighted by Crippen LogP contribution is -2.27. The van der Waals surface area contributed by atoms with E-state index in [-0.39, 0.29) is 11.9 Å². The molecule has 0 fully saturated rings. The Hall–Kier alpha value is -1.80. The Morgan fingerprint density at radius 2 is 2.20 bits per heavy atom. The van der Waals surface area contributed by atoms with Crippen LogP contribution in [0.5, 0.6) is 5.75 Å². The fraction of sp³-hybridized carbons (Fsp3) is 0.417. The van der Waals surface area contributed by atoms with E-state index in [1.54, 1.807) is 25.3 Å². The van der Waals surface area contributed by atoms with E-state index < -0.39 is 10.2 Å². The SMILES string of the molecule is COC(C)CCOc1cccc2c1C(N)=NS(=O)(=O)N2. The van der Waals surface area contributed by atoms with E-state index in [0.717, 1.165) is 0 Å². The molecular weight excluding hydrogens is 282 g/mol. The van der Waals surface area contributed by atoms with Crippen LogP contribution in [-0.4, -0.2) is 34.1 Å². The minimum absolute atomic E-state index is 0.0749. The van der Waals surface area contributed by atoms with E-state index >= 15 is 0 Å². The summed E-state index contributed by atoms with van der Waals surface area (Å²) in [6, 6.07) is 5.02. The molecule has 110 valence electrons. The predicted molar refractivity (Wildman–Crippen MR) is 76.3 cm³/mol. The lowest BCUT2D eigenvalue weighted by Gasteiger charge is -2.19. The number of amidine groups is 1. The summed E-state index contributed by atoms with van der Waals surface area (Å²) in [5, 5.41) is 0. The highest BCUT2D eigenvalue weighted by Gasteiger charge is 2.24. The summed E-state index contributed by atoms with van der Waals surface area (Å²) >= 11 is 0. The molecule has 0 spiro atoms. The van der Waals surface area contributed by atoms with Crippen molar-refractivity contribution < 1.29 is 17.9 Å². The van der Waals surface area contributed by atoms with Gasteiger partial charge in [-0.15, -0.1) is 4.40 Å². The lowest BCUT2D eigenvalue weighted by molar-refractivity contribution is 0.0955. The molecule has 1 unspecified atom stereocenters. The molecule has 0 radical (unpaired) electrons. The molecule has 20 heavy (non-hydrogen) atoms. The first kappa shape index (κ1) is 14.6. The van der Waals surface area contributed by atoms with Crippen LogP contribution >= 0.6 is 0 Å². The van der Waals surface area contributed by atoms with Crippen LogP contribution in [0.3, 0.4) is 0 Å². The third kappa shape index (κ3) is 3.20. The molecular formula is C12H17N3O4S. The molecule has 1 aliphatic heterocycles. The van der Waals surface area contributed by atoms with Gasteiger partial charge in [-0.1, -0.05) is 6.07 Å². The smallest absolute Gasteiger partial charge is 0.344 e. The molecule has 8 heteroatoms. The highest BCUT2D eigenvalue weighted by atomic mass is 32.2. The topological polar surface area (TPSA) is 103 Å². The van der Waals surface area contributed by atoms with Gasteiger partial charge in [-0.25, -0.2) is 0 Å². The zero-order chi connectivity index (χ0) is 14.8. The van der Waals surface area contributed by atoms with Crippen LogP contribution in [0.1, 0.15) is 18.9 Å². The second-order valence-corrected chi connectivity index (χ2v) is 5.75. The Kier molecular flexibility index (Phi) is 4.15. The Labute approximate surface area is 118 Å². The van der Waals surface area contributed by atoms with Crippen LogP contribution in [0.25, 0.3) is 0 Å². The van der Waals surface area contributed by atoms with Crippen LogP contribution in [0, 0.1) is 0 Å². The minimum Gasteiger partial charge on any atom is -0.493 e. The summed E-state index contributed by atoms with van der Waals surface area (Å²) in [5.41, 5.74) is 6.54. The van der Waals surface area contributed by atoms with E-state index in [4.69, 9.17) is 15.2 Å². The summed E-state index contributed by atoms with van der Waals surface area (Å²) < 4.78 is 39.4. The second kappa shape index (κ2) is 5.68. The molecule has 2 rings (SSSR count). The molecule has 0 aromatic heterocycles. The Bertz CT molecular complexity index is 628. The Morgan fingerprint density at radius 1 is 1.45 bits per heavy atom. The molecule has 0 amide bonds. The number of hydrogen-bond acceptors (Lipinski definition) is 5. The van der Waals surface area contributed by atoms with Gasteiger partial charge in [0.05, 0.1) is 24.0 Å². The number of nitrogens with two attached hydrogens (primary N) is 1. The summed E-state index contributed by atoms with van der Waals surface area (Å²) in [7, 11) is -2.13. The summed E-state index contributed by atoms with van der Waals surface area (Å²) in [6.07, 6.45) is 0.794. The van der Waals surface area contributed by atoms with Gasteiger partial charge in [-0.3, -0.25) is 4.72 Å². The molecule has 1 aliphatic rings. The highest BCUT2D eigenvalue weighted by molar-refractivity contribution is 7.91. The van der Waals surface area contributed by atoms with E-state index in [9.17, 15) is 8.42 Å². The second-order valence-electron chi connectivity index (χ2n) is 4.42. The van der Waals surface area contributed by atoms with Gasteiger partial charge in [-0.05, 0) is 19.1 Å². The van der Waals surface area contributed by atoms with E-state index in [1.807, 2.05) is 6.92 Å². The third-order valence-electron chi connectivity index (χ3n) is 2.92. The fourth-order valence-electron chi connectivity index (χ4n) is 1.79. The third-order valence-corrected chi connectivity index (χ3v) is 3.84. The average Bonchev–Trinajstić information content (AvgIpc) is 2.36. The van der Waals surface area contributed by atoms with E-state index in [1.165, 1.54) is 0 Å². The Balaban J connectivity index is 2.21. The Morgan fingerprint density at radius 3 is 2.90 bits per heavy atom. The molecule has 1 heterocycles. The van der Waals surface area contributed by atoms with Crippen LogP contribution in [0.2, 0.25) is 0 Å². The number of methoxy groups -OCH3 is 1. The van der Waals surface area contributed by atoms with Crippen molar-refractivity contribution in [1.29, 1.82) is 0 Å². The molecule has 1 aromatic carbocycles. The molecule has 1 atom stereocenters. The number of nitrogens with zero attached hydrogens (tertiary/aromatic N) is 1.